The maximum absolute atomic E-state index is 13.5. The molecule has 0 fully saturated rings. The number of hydrogen-bond acceptors (Lipinski definition) is 5. The zero-order valence-corrected chi connectivity index (χ0v) is 18.2. The number of nitrogens with one attached hydrogen (secondary N) is 2. The molecule has 168 valence electrons. The molecule has 0 spiro atoms. The zero-order chi connectivity index (χ0) is 22.6. The Labute approximate surface area is 187 Å². The quantitative estimate of drug-likeness (QED) is 0.273. The van der Waals surface area contributed by atoms with E-state index in [4.69, 9.17) is 14.2 Å². The van der Waals surface area contributed by atoms with Gasteiger partial charge in [0, 0.05) is 63.3 Å². The van der Waals surface area contributed by atoms with Crippen molar-refractivity contribution in [2.45, 2.75) is 13.0 Å². The number of pyridine rings is 1. The molecule has 0 unspecified atom stereocenters. The van der Waals surface area contributed by atoms with Crippen LogP contribution in [0.15, 0.2) is 71.9 Å². The molecule has 32 heavy (non-hydrogen) atoms. The molecule has 3 aromatic rings. The molecule has 0 atom stereocenters. The predicted octanol–water partition coefficient (Wildman–Crippen LogP) is 4.62. The van der Waals surface area contributed by atoms with Crippen LogP contribution in [0.25, 0.3) is 0 Å². The Bertz CT molecular complexity index is 1030. The molecule has 0 aliphatic rings. The number of ether oxygens (including phenoxy) is 3. The number of anilines is 1. The van der Waals surface area contributed by atoms with E-state index < -0.39 is 0 Å². The van der Waals surface area contributed by atoms with Gasteiger partial charge in [0.15, 0.2) is 5.96 Å². The minimum absolute atomic E-state index is 0.368. The molecule has 0 saturated heterocycles. The number of halogens is 1. The minimum atomic E-state index is -0.368. The molecule has 2 N–H and O–H groups in total. The molecule has 0 amide bonds. The average Bonchev–Trinajstić information content (AvgIpc) is 2.81. The van der Waals surface area contributed by atoms with Gasteiger partial charge in [-0.25, -0.2) is 9.37 Å². The predicted molar refractivity (Wildman–Crippen MR) is 123 cm³/mol. The maximum atomic E-state index is 13.5. The fourth-order valence-corrected chi connectivity index (χ4v) is 2.84. The zero-order valence-electron chi connectivity index (χ0n) is 18.2. The Morgan fingerprint density at radius 3 is 2.69 bits per heavy atom. The highest BCUT2D eigenvalue weighted by Gasteiger charge is 2.08. The van der Waals surface area contributed by atoms with Gasteiger partial charge in [0.05, 0.1) is 6.61 Å². The lowest BCUT2D eigenvalue weighted by molar-refractivity contribution is 0.172. The number of rotatable bonds is 10. The SMILES string of the molecule is CN=C(NCc1cccnc1Oc1cccc(F)c1)Nc1cccc(OCCCOC)c1. The van der Waals surface area contributed by atoms with E-state index in [9.17, 15) is 4.39 Å². The van der Waals surface area contributed by atoms with Crippen LogP contribution < -0.4 is 20.1 Å². The smallest absolute Gasteiger partial charge is 0.224 e. The van der Waals surface area contributed by atoms with Crippen LogP contribution in [0.1, 0.15) is 12.0 Å². The lowest BCUT2D eigenvalue weighted by Crippen LogP contribution is -2.30. The monoisotopic (exact) mass is 438 g/mol. The molecule has 0 aliphatic carbocycles. The van der Waals surface area contributed by atoms with E-state index in [0.29, 0.717) is 37.3 Å². The van der Waals surface area contributed by atoms with Gasteiger partial charge in [0.25, 0.3) is 0 Å². The van der Waals surface area contributed by atoms with Gasteiger partial charge in [-0.1, -0.05) is 18.2 Å². The summed E-state index contributed by atoms with van der Waals surface area (Å²) in [7, 11) is 3.36. The van der Waals surface area contributed by atoms with Crippen LogP contribution in [0.2, 0.25) is 0 Å². The normalized spacial score (nSPS) is 11.2. The van der Waals surface area contributed by atoms with Crippen molar-refractivity contribution in [3.8, 4) is 17.4 Å². The van der Waals surface area contributed by atoms with Gasteiger partial charge in [-0.2, -0.15) is 0 Å². The van der Waals surface area contributed by atoms with Gasteiger partial charge in [0.1, 0.15) is 17.3 Å². The molecule has 0 aliphatic heterocycles. The van der Waals surface area contributed by atoms with E-state index in [0.717, 1.165) is 23.4 Å². The standard InChI is InChI=1S/C24H27FN4O3/c1-26-24(29-20-9-4-10-21(16-20)31-14-6-13-30-2)28-17-18-7-5-12-27-23(18)32-22-11-3-8-19(25)15-22/h3-5,7-12,15-16H,6,13-14,17H2,1-2H3,(H2,26,28,29). The summed E-state index contributed by atoms with van der Waals surface area (Å²) in [5.74, 6) is 1.75. The van der Waals surface area contributed by atoms with Gasteiger partial charge in [-0.15, -0.1) is 0 Å². The van der Waals surface area contributed by atoms with Crippen molar-refractivity contribution in [1.29, 1.82) is 0 Å². The Balaban J connectivity index is 1.59. The summed E-state index contributed by atoms with van der Waals surface area (Å²) in [4.78, 5) is 8.54. The molecule has 2 aromatic carbocycles. The first kappa shape index (κ1) is 23.0. The third-order valence-corrected chi connectivity index (χ3v) is 4.39. The summed E-state index contributed by atoms with van der Waals surface area (Å²) < 4.78 is 30.0. The van der Waals surface area contributed by atoms with Crippen molar-refractivity contribution in [1.82, 2.24) is 10.3 Å². The molecule has 8 heteroatoms. The molecule has 0 bridgehead atoms. The van der Waals surface area contributed by atoms with Crippen LogP contribution >= 0.6 is 0 Å². The van der Waals surface area contributed by atoms with E-state index >= 15 is 0 Å². The van der Waals surface area contributed by atoms with Crippen molar-refractivity contribution in [3.63, 3.8) is 0 Å². The van der Waals surface area contributed by atoms with Crippen molar-refractivity contribution < 1.29 is 18.6 Å². The highest BCUT2D eigenvalue weighted by molar-refractivity contribution is 5.93. The van der Waals surface area contributed by atoms with E-state index in [1.54, 1.807) is 32.5 Å². The Kier molecular flexibility index (Phi) is 8.82. The molecule has 1 aromatic heterocycles. The van der Waals surface area contributed by atoms with Gasteiger partial charge >= 0.3 is 0 Å². The fraction of sp³-hybridized carbons (Fsp3) is 0.250. The molecule has 0 radical (unpaired) electrons. The Morgan fingerprint density at radius 2 is 1.88 bits per heavy atom. The lowest BCUT2D eigenvalue weighted by atomic mass is 10.2. The Hall–Kier alpha value is -3.65. The first-order valence-corrected chi connectivity index (χ1v) is 10.2. The molecule has 0 saturated carbocycles. The van der Waals surface area contributed by atoms with Crippen LogP contribution in [0, 0.1) is 5.82 Å². The van der Waals surface area contributed by atoms with Crippen molar-refractivity contribution >= 4 is 11.6 Å². The molecule has 3 rings (SSSR count). The largest absolute Gasteiger partial charge is 0.493 e. The molecule has 7 nitrogen and oxygen atoms in total. The van der Waals surface area contributed by atoms with Gasteiger partial charge < -0.3 is 24.8 Å². The number of aromatic nitrogens is 1. The van der Waals surface area contributed by atoms with Crippen LogP contribution in [0.5, 0.6) is 17.4 Å². The Morgan fingerprint density at radius 1 is 1.03 bits per heavy atom. The molecular formula is C24H27FN4O3. The highest BCUT2D eigenvalue weighted by atomic mass is 19.1. The number of benzene rings is 2. The highest BCUT2D eigenvalue weighted by Crippen LogP contribution is 2.23. The van der Waals surface area contributed by atoms with E-state index in [2.05, 4.69) is 20.6 Å². The number of methoxy groups -OCH3 is 1. The first-order valence-electron chi connectivity index (χ1n) is 10.2. The van der Waals surface area contributed by atoms with E-state index in [1.165, 1.54) is 12.1 Å². The third-order valence-electron chi connectivity index (χ3n) is 4.39. The van der Waals surface area contributed by atoms with Gasteiger partial charge in [-0.3, -0.25) is 4.99 Å². The van der Waals surface area contributed by atoms with Crippen LogP contribution in [0.3, 0.4) is 0 Å². The maximum Gasteiger partial charge on any atom is 0.224 e. The van der Waals surface area contributed by atoms with Crippen LogP contribution in [-0.2, 0) is 11.3 Å². The topological polar surface area (TPSA) is 77.0 Å². The molecular weight excluding hydrogens is 411 g/mol. The second-order valence-electron chi connectivity index (χ2n) is 6.80. The van der Waals surface area contributed by atoms with Gasteiger partial charge in [-0.05, 0) is 30.3 Å². The van der Waals surface area contributed by atoms with Crippen LogP contribution in [0.4, 0.5) is 10.1 Å². The summed E-state index contributed by atoms with van der Waals surface area (Å²) in [5, 5.41) is 6.48. The lowest BCUT2D eigenvalue weighted by Gasteiger charge is -2.15. The van der Waals surface area contributed by atoms with Gasteiger partial charge in [0.2, 0.25) is 5.88 Å². The minimum Gasteiger partial charge on any atom is -0.493 e. The number of hydrogen-bond donors (Lipinski definition) is 2. The van der Waals surface area contributed by atoms with Crippen molar-refractivity contribution in [2.75, 3.05) is 32.7 Å². The summed E-state index contributed by atoms with van der Waals surface area (Å²) in [5.41, 5.74) is 1.64. The number of guanidine groups is 1. The van der Waals surface area contributed by atoms with Crippen LogP contribution in [-0.4, -0.2) is 38.3 Å². The summed E-state index contributed by atoms with van der Waals surface area (Å²) >= 11 is 0. The van der Waals surface area contributed by atoms with E-state index in [1.807, 2.05) is 36.4 Å². The molecule has 1 heterocycles. The second kappa shape index (κ2) is 12.3. The van der Waals surface area contributed by atoms with E-state index in [-0.39, 0.29) is 5.82 Å². The average molecular weight is 439 g/mol. The second-order valence-corrected chi connectivity index (χ2v) is 6.80. The van der Waals surface area contributed by atoms with Crippen molar-refractivity contribution in [3.05, 3.63) is 78.2 Å². The summed E-state index contributed by atoms with van der Waals surface area (Å²) in [6.07, 6.45) is 2.45. The summed E-state index contributed by atoms with van der Waals surface area (Å²) in [6, 6.07) is 17.3. The fourth-order valence-electron chi connectivity index (χ4n) is 2.84. The third kappa shape index (κ3) is 7.24. The van der Waals surface area contributed by atoms with Crippen molar-refractivity contribution in [2.24, 2.45) is 4.99 Å². The number of aliphatic imine (C=N–C) groups is 1. The first-order chi connectivity index (χ1) is 15.7. The number of nitrogens with zero attached hydrogens (tertiary/aromatic N) is 2. The summed E-state index contributed by atoms with van der Waals surface area (Å²) in [6.45, 7) is 1.65.